The molecule has 5 unspecified atom stereocenters. The zero-order chi connectivity index (χ0) is 17.4. The summed E-state index contributed by atoms with van der Waals surface area (Å²) in [4.78, 5) is 11.8. The van der Waals surface area contributed by atoms with E-state index in [0.29, 0.717) is 6.42 Å². The lowest BCUT2D eigenvalue weighted by atomic mass is 9.74. The first kappa shape index (κ1) is 19.5. The summed E-state index contributed by atoms with van der Waals surface area (Å²) in [6.45, 7) is 5.20. The highest BCUT2D eigenvalue weighted by atomic mass is 16.5. The highest BCUT2D eigenvalue weighted by Gasteiger charge is 2.52. The summed E-state index contributed by atoms with van der Waals surface area (Å²) in [7, 11) is 0. The van der Waals surface area contributed by atoms with Crippen molar-refractivity contribution in [2.75, 3.05) is 6.54 Å². The summed E-state index contributed by atoms with van der Waals surface area (Å²) in [6.07, 6.45) is 14.4. The predicted molar refractivity (Wildman–Crippen MR) is 97.1 cm³/mol. The molecule has 0 aliphatic carbocycles. The Morgan fingerprint density at radius 1 is 1.25 bits per heavy atom. The van der Waals surface area contributed by atoms with Gasteiger partial charge in [-0.05, 0) is 45.6 Å². The Morgan fingerprint density at radius 2 is 2.00 bits per heavy atom. The van der Waals surface area contributed by atoms with Crippen molar-refractivity contribution in [2.24, 2.45) is 11.8 Å². The molecule has 2 N–H and O–H groups in total. The van der Waals surface area contributed by atoms with Crippen LogP contribution >= 0.6 is 0 Å². The van der Waals surface area contributed by atoms with Crippen LogP contribution in [0.1, 0.15) is 71.6 Å². The van der Waals surface area contributed by atoms with Crippen LogP contribution < -0.4 is 5.32 Å². The molecule has 0 radical (unpaired) electrons. The number of nitrogens with one attached hydrogen (secondary N) is 1. The minimum atomic E-state index is -0.657. The van der Waals surface area contributed by atoms with Crippen LogP contribution in [0, 0.1) is 11.8 Å². The van der Waals surface area contributed by atoms with Crippen LogP contribution in [0.2, 0.25) is 0 Å². The third-order valence-corrected chi connectivity index (χ3v) is 5.65. The molecular weight excluding hydrogens is 302 g/mol. The minimum Gasteiger partial charge on any atom is -0.481 e. The number of fused-ring (bicyclic) bond motifs is 2. The first-order valence-electron chi connectivity index (χ1n) is 9.91. The second-order valence-corrected chi connectivity index (χ2v) is 7.35. The van der Waals surface area contributed by atoms with Gasteiger partial charge < -0.3 is 15.2 Å². The fourth-order valence-electron chi connectivity index (χ4n) is 4.41. The van der Waals surface area contributed by atoms with Crippen molar-refractivity contribution < 1.29 is 14.6 Å². The van der Waals surface area contributed by atoms with Gasteiger partial charge >= 0.3 is 5.97 Å². The molecule has 2 saturated heterocycles. The lowest BCUT2D eigenvalue weighted by Gasteiger charge is -2.33. The molecule has 5 atom stereocenters. The average Bonchev–Trinajstić information content (AvgIpc) is 3.16. The molecule has 2 heterocycles. The van der Waals surface area contributed by atoms with Gasteiger partial charge in [-0.25, -0.2) is 0 Å². The van der Waals surface area contributed by atoms with E-state index in [-0.39, 0.29) is 30.1 Å². The van der Waals surface area contributed by atoms with Crippen molar-refractivity contribution in [3.63, 3.8) is 0 Å². The number of aliphatic carboxylic acids is 1. The molecule has 2 rings (SSSR count). The predicted octanol–water partition coefficient (Wildman–Crippen LogP) is 4.15. The van der Waals surface area contributed by atoms with Crippen molar-refractivity contribution in [1.29, 1.82) is 0 Å². The van der Waals surface area contributed by atoms with Crippen molar-refractivity contribution in [1.82, 2.24) is 5.32 Å². The van der Waals surface area contributed by atoms with Gasteiger partial charge in [0, 0.05) is 12.0 Å². The Labute approximate surface area is 147 Å². The number of hydrogen-bond acceptors (Lipinski definition) is 3. The smallest absolute Gasteiger partial charge is 0.306 e. The number of allylic oxidation sites excluding steroid dienone is 2. The van der Waals surface area contributed by atoms with E-state index in [1.54, 1.807) is 0 Å². The van der Waals surface area contributed by atoms with Crippen molar-refractivity contribution in [3.8, 4) is 0 Å². The molecule has 2 aliphatic heterocycles. The number of carboxylic acids is 1. The lowest BCUT2D eigenvalue weighted by Crippen LogP contribution is -2.48. The number of rotatable bonds is 12. The molecule has 4 heteroatoms. The van der Waals surface area contributed by atoms with Crippen molar-refractivity contribution >= 4 is 5.97 Å². The number of unbranched alkanes of at least 4 members (excludes halogenated alkanes) is 4. The quantitative estimate of drug-likeness (QED) is 0.415. The average molecular weight is 338 g/mol. The Bertz CT molecular complexity index is 410. The minimum absolute atomic E-state index is 0.127. The number of carboxylic acid groups (broad SMARTS) is 1. The maximum absolute atomic E-state index is 11.8. The summed E-state index contributed by atoms with van der Waals surface area (Å²) >= 11 is 0. The van der Waals surface area contributed by atoms with E-state index in [0.717, 1.165) is 25.8 Å². The Hall–Kier alpha value is -0.870. The van der Waals surface area contributed by atoms with Crippen molar-refractivity contribution in [2.45, 2.75) is 89.9 Å². The summed E-state index contributed by atoms with van der Waals surface area (Å²) < 4.78 is 6.09. The van der Waals surface area contributed by atoms with E-state index in [4.69, 9.17) is 4.74 Å². The van der Waals surface area contributed by atoms with E-state index >= 15 is 0 Å². The zero-order valence-corrected chi connectivity index (χ0v) is 15.4. The Morgan fingerprint density at radius 3 is 2.71 bits per heavy atom. The number of hydrogen-bond donors (Lipinski definition) is 2. The first-order valence-corrected chi connectivity index (χ1v) is 9.91. The highest BCUT2D eigenvalue weighted by Crippen LogP contribution is 2.44. The Balaban J connectivity index is 1.88. The van der Waals surface area contributed by atoms with E-state index in [2.05, 4.69) is 18.3 Å². The normalized spacial score (nSPS) is 30.2. The van der Waals surface area contributed by atoms with E-state index in [1.807, 2.05) is 13.0 Å². The summed E-state index contributed by atoms with van der Waals surface area (Å²) in [6, 6.07) is 0.224. The summed E-state index contributed by atoms with van der Waals surface area (Å²) in [5.74, 6) is -0.827. The van der Waals surface area contributed by atoms with Gasteiger partial charge in [-0.2, -0.15) is 0 Å². The van der Waals surface area contributed by atoms with Crippen LogP contribution in [0.4, 0.5) is 0 Å². The highest BCUT2D eigenvalue weighted by molar-refractivity contribution is 5.70. The van der Waals surface area contributed by atoms with Crippen LogP contribution in [-0.4, -0.2) is 35.9 Å². The molecule has 2 fully saturated rings. The van der Waals surface area contributed by atoms with Gasteiger partial charge in [0.2, 0.25) is 0 Å². The lowest BCUT2D eigenvalue weighted by molar-refractivity contribution is -0.145. The molecule has 0 aromatic heterocycles. The molecule has 2 bridgehead atoms. The molecular formula is C20H35NO3. The van der Waals surface area contributed by atoms with Gasteiger partial charge in [0.25, 0.3) is 0 Å². The van der Waals surface area contributed by atoms with Crippen LogP contribution in [0.15, 0.2) is 12.2 Å². The van der Waals surface area contributed by atoms with Gasteiger partial charge in [0.15, 0.2) is 0 Å². The fraction of sp³-hybridized carbons (Fsp3) is 0.850. The van der Waals surface area contributed by atoms with Crippen molar-refractivity contribution in [3.05, 3.63) is 12.2 Å². The molecule has 0 amide bonds. The van der Waals surface area contributed by atoms with Gasteiger partial charge in [0.1, 0.15) is 0 Å². The molecule has 0 spiro atoms. The van der Waals surface area contributed by atoms with E-state index in [1.165, 1.54) is 32.1 Å². The maximum atomic E-state index is 11.8. The topological polar surface area (TPSA) is 58.6 Å². The standard InChI is InChI=1S/C20H35NO3/c1-3-5-7-8-10-14-21-19-17-13-12-16(24-17)18(19)15(20(22)23)11-9-6-4-2/h4,6,15-19,21H,3,5,7-14H2,1-2H3,(H,22,23). The SMILES string of the molecule is CC=CCCC(C(=O)O)C1C2CCC(O2)C1NCCCCCCC. The third-order valence-electron chi connectivity index (χ3n) is 5.65. The maximum Gasteiger partial charge on any atom is 0.306 e. The van der Waals surface area contributed by atoms with Crippen LogP contribution in [-0.2, 0) is 9.53 Å². The molecule has 138 valence electrons. The van der Waals surface area contributed by atoms with E-state index < -0.39 is 5.97 Å². The summed E-state index contributed by atoms with van der Waals surface area (Å²) in [5, 5.41) is 13.4. The number of carbonyl (C=O) groups is 1. The van der Waals surface area contributed by atoms with E-state index in [9.17, 15) is 9.90 Å². The number of ether oxygens (including phenoxy) is 1. The fourth-order valence-corrected chi connectivity index (χ4v) is 4.41. The third kappa shape index (κ3) is 5.06. The molecule has 4 nitrogen and oxygen atoms in total. The molecule has 0 saturated carbocycles. The first-order chi connectivity index (χ1) is 11.7. The second kappa shape index (κ2) is 10.2. The molecule has 2 aliphatic rings. The zero-order valence-electron chi connectivity index (χ0n) is 15.4. The van der Waals surface area contributed by atoms with Gasteiger partial charge in [0.05, 0.1) is 18.1 Å². The van der Waals surface area contributed by atoms with Crippen LogP contribution in [0.3, 0.4) is 0 Å². The molecule has 0 aromatic carbocycles. The van der Waals surface area contributed by atoms with Gasteiger partial charge in [-0.3, -0.25) is 4.79 Å². The summed E-state index contributed by atoms with van der Waals surface area (Å²) in [5.41, 5.74) is 0. The Kier molecular flexibility index (Phi) is 8.26. The monoisotopic (exact) mass is 337 g/mol. The second-order valence-electron chi connectivity index (χ2n) is 7.35. The van der Waals surface area contributed by atoms with Crippen LogP contribution in [0.25, 0.3) is 0 Å². The van der Waals surface area contributed by atoms with Gasteiger partial charge in [-0.15, -0.1) is 0 Å². The molecule has 0 aromatic rings. The largest absolute Gasteiger partial charge is 0.481 e. The van der Waals surface area contributed by atoms with Gasteiger partial charge in [-0.1, -0.05) is 44.8 Å². The molecule has 24 heavy (non-hydrogen) atoms. The van der Waals surface area contributed by atoms with Crippen LogP contribution in [0.5, 0.6) is 0 Å².